The van der Waals surface area contributed by atoms with Gasteiger partial charge in [-0.05, 0) is 57.0 Å². The zero-order chi connectivity index (χ0) is 19.8. The monoisotopic (exact) mass is 452 g/mol. The molecule has 4 rings (SSSR count). The number of benzene rings is 2. The number of carbonyl (C=O) groups excluding carboxylic acids is 1. The summed E-state index contributed by atoms with van der Waals surface area (Å²) in [5, 5.41) is 6.49. The van der Waals surface area contributed by atoms with Gasteiger partial charge in [0.1, 0.15) is 11.6 Å². The van der Waals surface area contributed by atoms with Crippen LogP contribution in [-0.2, 0) is 11.8 Å². The van der Waals surface area contributed by atoms with E-state index in [1.807, 2.05) is 36.7 Å². The van der Waals surface area contributed by atoms with Crippen LogP contribution in [0.5, 0.6) is 0 Å². The van der Waals surface area contributed by atoms with Gasteiger partial charge in [-0.25, -0.2) is 9.37 Å². The van der Waals surface area contributed by atoms with Gasteiger partial charge in [0, 0.05) is 36.3 Å². The van der Waals surface area contributed by atoms with Crippen molar-refractivity contribution in [1.82, 2.24) is 14.9 Å². The number of piperidine rings is 1. The largest absolute Gasteiger partial charge is 0.327 e. The molecule has 0 radical (unpaired) electrons. The predicted octanol–water partition coefficient (Wildman–Crippen LogP) is 4.86. The van der Waals surface area contributed by atoms with Crippen molar-refractivity contribution in [2.75, 3.05) is 11.9 Å². The molecule has 30 heavy (non-hydrogen) atoms. The molecule has 1 fully saturated rings. The summed E-state index contributed by atoms with van der Waals surface area (Å²) >= 11 is 0. The number of fused-ring (bicyclic) bond motifs is 1. The minimum atomic E-state index is -0.301. The van der Waals surface area contributed by atoms with Gasteiger partial charge in [-0.1, -0.05) is 12.1 Å². The highest BCUT2D eigenvalue weighted by molar-refractivity contribution is 5.94. The van der Waals surface area contributed by atoms with Crippen molar-refractivity contribution in [1.29, 1.82) is 0 Å². The molecule has 0 aliphatic carbocycles. The average molecular weight is 453 g/mol. The van der Waals surface area contributed by atoms with Gasteiger partial charge in [-0.15, -0.1) is 24.8 Å². The minimum Gasteiger partial charge on any atom is -0.327 e. The number of amides is 1. The van der Waals surface area contributed by atoms with Crippen LogP contribution in [0.1, 0.15) is 25.3 Å². The van der Waals surface area contributed by atoms with Crippen molar-refractivity contribution in [2.24, 2.45) is 13.0 Å². The summed E-state index contributed by atoms with van der Waals surface area (Å²) in [6.07, 6.45) is 1.70. The van der Waals surface area contributed by atoms with Crippen molar-refractivity contribution in [2.45, 2.75) is 32.7 Å². The molecule has 2 aromatic carbocycles. The zero-order valence-corrected chi connectivity index (χ0v) is 18.9. The Hall–Kier alpha value is -2.15. The third-order valence-corrected chi connectivity index (χ3v) is 5.59. The smallest absolute Gasteiger partial charge is 0.227 e. The van der Waals surface area contributed by atoms with E-state index < -0.39 is 0 Å². The highest BCUT2D eigenvalue weighted by Crippen LogP contribution is 2.29. The fraction of sp³-hybridized carbons (Fsp3) is 0.364. The van der Waals surface area contributed by atoms with E-state index in [4.69, 9.17) is 0 Å². The van der Waals surface area contributed by atoms with Crippen LogP contribution in [0.3, 0.4) is 0 Å². The first-order chi connectivity index (χ1) is 13.4. The second kappa shape index (κ2) is 9.77. The molecule has 1 aliphatic heterocycles. The number of anilines is 1. The number of carbonyl (C=O) groups is 1. The van der Waals surface area contributed by atoms with Crippen molar-refractivity contribution in [3.05, 3.63) is 47.8 Å². The molecule has 1 aliphatic rings. The molecule has 2 heterocycles. The van der Waals surface area contributed by atoms with Gasteiger partial charge in [0.2, 0.25) is 5.91 Å². The average Bonchev–Trinajstić information content (AvgIpc) is 2.99. The summed E-state index contributed by atoms with van der Waals surface area (Å²) in [6, 6.07) is 10.9. The Morgan fingerprint density at radius 1 is 1.23 bits per heavy atom. The van der Waals surface area contributed by atoms with Crippen LogP contribution in [0.15, 0.2) is 36.4 Å². The van der Waals surface area contributed by atoms with E-state index in [-0.39, 0.29) is 42.5 Å². The van der Waals surface area contributed by atoms with Crippen molar-refractivity contribution in [3.63, 3.8) is 0 Å². The minimum absolute atomic E-state index is 0. The van der Waals surface area contributed by atoms with Crippen molar-refractivity contribution >= 4 is 47.4 Å². The second-order valence-electron chi connectivity index (χ2n) is 7.72. The van der Waals surface area contributed by atoms with Crippen LogP contribution in [0.25, 0.3) is 22.4 Å². The first-order valence-corrected chi connectivity index (χ1v) is 9.69. The van der Waals surface area contributed by atoms with Crippen LogP contribution in [0, 0.1) is 18.7 Å². The normalized spacial score (nSPS) is 18.4. The van der Waals surface area contributed by atoms with Gasteiger partial charge >= 0.3 is 0 Å². The fourth-order valence-corrected chi connectivity index (χ4v) is 3.93. The number of aromatic nitrogens is 2. The second-order valence-corrected chi connectivity index (χ2v) is 7.72. The Morgan fingerprint density at radius 3 is 2.73 bits per heavy atom. The molecule has 0 spiro atoms. The number of aryl methyl sites for hydroxylation is 2. The molecule has 0 saturated carbocycles. The highest BCUT2D eigenvalue weighted by atomic mass is 35.5. The maximum absolute atomic E-state index is 13.5. The molecule has 1 aromatic heterocycles. The summed E-state index contributed by atoms with van der Waals surface area (Å²) in [5.74, 6) is 0.537. The Balaban J connectivity index is 0.00000160. The summed E-state index contributed by atoms with van der Waals surface area (Å²) in [7, 11) is 1.91. The molecule has 5 nitrogen and oxygen atoms in total. The number of nitrogens with zero attached hydrogens (tertiary/aromatic N) is 2. The number of nitrogens with one attached hydrogen (secondary N) is 2. The number of hydrogen-bond donors (Lipinski definition) is 2. The van der Waals surface area contributed by atoms with Gasteiger partial charge < -0.3 is 15.2 Å². The van der Waals surface area contributed by atoms with Gasteiger partial charge in [0.25, 0.3) is 0 Å². The Kier molecular flexibility index (Phi) is 7.86. The third-order valence-electron chi connectivity index (χ3n) is 5.59. The SMILES string of the molecule is Cc1ccc(-c2nc3cc(F)ccc3n2C)cc1NC(=O)[C@H]1CCN[C@@H](C)C1.Cl.Cl. The summed E-state index contributed by atoms with van der Waals surface area (Å²) in [4.78, 5) is 17.4. The van der Waals surface area contributed by atoms with Crippen molar-refractivity contribution in [3.8, 4) is 11.4 Å². The maximum atomic E-state index is 13.5. The van der Waals surface area contributed by atoms with Crippen LogP contribution in [0.4, 0.5) is 10.1 Å². The van der Waals surface area contributed by atoms with Gasteiger partial charge in [-0.3, -0.25) is 4.79 Å². The van der Waals surface area contributed by atoms with E-state index in [2.05, 4.69) is 22.5 Å². The van der Waals surface area contributed by atoms with E-state index in [1.165, 1.54) is 12.1 Å². The van der Waals surface area contributed by atoms with Gasteiger partial charge in [0.05, 0.1) is 11.0 Å². The fourth-order valence-electron chi connectivity index (χ4n) is 3.93. The predicted molar refractivity (Wildman–Crippen MR) is 124 cm³/mol. The molecule has 8 heteroatoms. The van der Waals surface area contributed by atoms with Crippen LogP contribution >= 0.6 is 24.8 Å². The number of halogens is 3. The number of imidazole rings is 1. The number of hydrogen-bond acceptors (Lipinski definition) is 3. The van der Waals surface area contributed by atoms with E-state index in [0.29, 0.717) is 11.6 Å². The molecular formula is C22H27Cl2FN4O. The molecular weight excluding hydrogens is 426 g/mol. The summed E-state index contributed by atoms with van der Waals surface area (Å²) < 4.78 is 15.5. The topological polar surface area (TPSA) is 59.0 Å². The van der Waals surface area contributed by atoms with E-state index in [0.717, 1.165) is 47.5 Å². The lowest BCUT2D eigenvalue weighted by molar-refractivity contribution is -0.120. The molecule has 3 aromatic rings. The van der Waals surface area contributed by atoms with E-state index in [1.54, 1.807) is 6.07 Å². The molecule has 0 unspecified atom stereocenters. The molecule has 0 bridgehead atoms. The zero-order valence-electron chi connectivity index (χ0n) is 17.2. The van der Waals surface area contributed by atoms with Crippen molar-refractivity contribution < 1.29 is 9.18 Å². The van der Waals surface area contributed by atoms with Gasteiger partial charge in [0.15, 0.2) is 0 Å². The lowest BCUT2D eigenvalue weighted by Crippen LogP contribution is -2.40. The quantitative estimate of drug-likeness (QED) is 0.596. The van der Waals surface area contributed by atoms with E-state index in [9.17, 15) is 9.18 Å². The Bertz CT molecular complexity index is 1050. The first kappa shape index (κ1) is 24.1. The highest BCUT2D eigenvalue weighted by Gasteiger charge is 2.25. The molecule has 2 atom stereocenters. The Labute approximate surface area is 188 Å². The summed E-state index contributed by atoms with van der Waals surface area (Å²) in [6.45, 7) is 4.96. The van der Waals surface area contributed by atoms with E-state index >= 15 is 0 Å². The molecule has 1 saturated heterocycles. The molecule has 2 N–H and O–H groups in total. The Morgan fingerprint density at radius 2 is 2.00 bits per heavy atom. The molecule has 162 valence electrons. The third kappa shape index (κ3) is 4.77. The molecule has 1 amide bonds. The van der Waals surface area contributed by atoms with Crippen LogP contribution < -0.4 is 10.6 Å². The standard InChI is InChI=1S/C22H25FN4O.2ClH/c1-13-4-5-15(21-25-19-12-17(23)6-7-20(19)27(21)3)11-18(13)26-22(28)16-8-9-24-14(2)10-16;;/h4-7,11-12,14,16,24H,8-10H2,1-3H3,(H,26,28);2*1H/t14-,16-;;/m0../s1. The lowest BCUT2D eigenvalue weighted by Gasteiger charge is -2.27. The van der Waals surface area contributed by atoms with Crippen LogP contribution in [0.2, 0.25) is 0 Å². The van der Waals surface area contributed by atoms with Gasteiger partial charge in [-0.2, -0.15) is 0 Å². The number of rotatable bonds is 3. The first-order valence-electron chi connectivity index (χ1n) is 9.69. The van der Waals surface area contributed by atoms with Crippen LogP contribution in [-0.4, -0.2) is 28.0 Å². The maximum Gasteiger partial charge on any atom is 0.227 e. The lowest BCUT2D eigenvalue weighted by atomic mass is 9.92. The summed E-state index contributed by atoms with van der Waals surface area (Å²) in [5.41, 5.74) is 4.17.